The number of carbonyl (C=O) groups is 3. The van der Waals surface area contributed by atoms with Crippen molar-refractivity contribution in [3.05, 3.63) is 90.0 Å². The molecule has 0 aliphatic carbocycles. The van der Waals surface area contributed by atoms with Gasteiger partial charge in [0.25, 0.3) is 0 Å². The molecule has 1 N–H and O–H groups in total. The molecule has 3 aromatic carbocycles. The fourth-order valence-electron chi connectivity index (χ4n) is 4.54. The highest BCUT2D eigenvalue weighted by Crippen LogP contribution is 2.30. The van der Waals surface area contributed by atoms with Crippen LogP contribution in [0.25, 0.3) is 22.5 Å². The molecule has 1 aromatic heterocycles. The number of H-pyrrole nitrogens is 1. The van der Waals surface area contributed by atoms with Gasteiger partial charge < -0.3 is 14.4 Å². The van der Waals surface area contributed by atoms with Gasteiger partial charge in [-0.2, -0.15) is 0 Å². The Morgan fingerprint density at radius 3 is 2.15 bits per heavy atom. The van der Waals surface area contributed by atoms with Crippen molar-refractivity contribution in [2.45, 2.75) is 52.8 Å². The summed E-state index contributed by atoms with van der Waals surface area (Å²) in [6.07, 6.45) is 0.145. The summed E-state index contributed by atoms with van der Waals surface area (Å²) in [5.41, 5.74) is 4.48. The first-order chi connectivity index (χ1) is 19.3. The number of esters is 1. The molecule has 1 heterocycles. The van der Waals surface area contributed by atoms with Crippen LogP contribution in [0.2, 0.25) is 0 Å². The van der Waals surface area contributed by atoms with E-state index in [1.54, 1.807) is 4.90 Å². The van der Waals surface area contributed by atoms with Gasteiger partial charge in [0.2, 0.25) is 5.91 Å². The van der Waals surface area contributed by atoms with Gasteiger partial charge in [0.15, 0.2) is 5.82 Å². The lowest BCUT2D eigenvalue weighted by Gasteiger charge is -2.33. The minimum atomic E-state index is -0.803. The van der Waals surface area contributed by atoms with E-state index in [-0.39, 0.29) is 43.6 Å². The van der Waals surface area contributed by atoms with Gasteiger partial charge in [0.1, 0.15) is 18.4 Å². The molecule has 4 aromatic rings. The Labute approximate surface area is 233 Å². The molecule has 9 nitrogen and oxygen atoms in total. The van der Waals surface area contributed by atoms with E-state index in [9.17, 15) is 14.4 Å². The van der Waals surface area contributed by atoms with Gasteiger partial charge in [0, 0.05) is 24.9 Å². The van der Waals surface area contributed by atoms with Crippen molar-refractivity contribution in [2.24, 2.45) is 5.92 Å². The Morgan fingerprint density at radius 2 is 1.52 bits per heavy atom. The summed E-state index contributed by atoms with van der Waals surface area (Å²) < 4.78 is 5.65. The molecule has 1 amide bonds. The second kappa shape index (κ2) is 13.4. The topological polar surface area (TPSA) is 118 Å². The lowest BCUT2D eigenvalue weighted by molar-refractivity contribution is -0.159. The van der Waals surface area contributed by atoms with E-state index in [1.807, 2.05) is 92.7 Å². The monoisotopic (exact) mass is 539 g/mol. The highest BCUT2D eigenvalue weighted by atomic mass is 16.5. The van der Waals surface area contributed by atoms with Gasteiger partial charge in [-0.3, -0.25) is 4.79 Å². The Morgan fingerprint density at radius 1 is 0.850 bits per heavy atom. The Bertz CT molecular complexity index is 1420. The number of hydrogen-bond acceptors (Lipinski definition) is 7. The zero-order valence-electron chi connectivity index (χ0n) is 22.9. The van der Waals surface area contributed by atoms with Crippen LogP contribution in [0, 0.1) is 5.92 Å². The Hall–Kier alpha value is -4.66. The number of hydrogen-bond donors (Lipinski definition) is 1. The second-order valence-corrected chi connectivity index (χ2v) is 10.00. The summed E-state index contributed by atoms with van der Waals surface area (Å²) in [7, 11) is 0. The number of nitrogens with one attached hydrogen (secondary N) is 1. The van der Waals surface area contributed by atoms with Crippen LogP contribution in [0.3, 0.4) is 0 Å². The maximum atomic E-state index is 13.4. The molecular weight excluding hydrogens is 506 g/mol. The van der Waals surface area contributed by atoms with Crippen LogP contribution in [0.5, 0.6) is 0 Å². The van der Waals surface area contributed by atoms with Gasteiger partial charge >= 0.3 is 5.97 Å². The van der Waals surface area contributed by atoms with Crippen LogP contribution in [0.4, 0.5) is 0 Å². The number of Topliss-reactive ketones (excluding diaryl/α,β-unsaturated/α-hetero) is 1. The van der Waals surface area contributed by atoms with E-state index < -0.39 is 12.0 Å². The molecule has 0 saturated carbocycles. The van der Waals surface area contributed by atoms with E-state index in [2.05, 4.69) is 20.6 Å². The first-order valence-corrected chi connectivity index (χ1v) is 13.3. The van der Waals surface area contributed by atoms with Gasteiger partial charge in [-0.15, -0.1) is 5.10 Å². The highest BCUT2D eigenvalue weighted by molar-refractivity contribution is 5.87. The quantitative estimate of drug-likeness (QED) is 0.252. The Kier molecular flexibility index (Phi) is 9.51. The predicted octanol–water partition coefficient (Wildman–Crippen LogP) is 5.00. The number of tetrazole rings is 1. The third-order valence-electron chi connectivity index (χ3n) is 6.59. The minimum Gasteiger partial charge on any atom is -0.459 e. The molecule has 0 aliphatic rings. The average Bonchev–Trinajstić information content (AvgIpc) is 3.50. The first-order valence-electron chi connectivity index (χ1n) is 13.3. The number of carbonyl (C=O) groups excluding carboxylic acids is 3. The van der Waals surface area contributed by atoms with Crippen LogP contribution in [-0.4, -0.2) is 49.2 Å². The number of aromatic amines is 1. The lowest BCUT2D eigenvalue weighted by Crippen LogP contribution is -2.48. The molecule has 1 atom stereocenters. The molecule has 0 saturated heterocycles. The summed E-state index contributed by atoms with van der Waals surface area (Å²) in [5.74, 6) is -0.452. The molecule has 0 fully saturated rings. The third-order valence-corrected chi connectivity index (χ3v) is 6.59. The fourth-order valence-corrected chi connectivity index (χ4v) is 4.54. The van der Waals surface area contributed by atoms with Crippen LogP contribution < -0.4 is 0 Å². The van der Waals surface area contributed by atoms with Crippen molar-refractivity contribution in [1.29, 1.82) is 0 Å². The van der Waals surface area contributed by atoms with Crippen molar-refractivity contribution in [3.63, 3.8) is 0 Å². The minimum absolute atomic E-state index is 0.0290. The van der Waals surface area contributed by atoms with E-state index in [0.29, 0.717) is 5.82 Å². The number of ketones is 1. The van der Waals surface area contributed by atoms with E-state index in [0.717, 1.165) is 27.8 Å². The SMILES string of the molecule is CC(=O)CCC(=O)N(Cc1ccc(-c2ccccc2-c2nnn[nH]2)cc1)[C@H](C(=O)OCc1ccccc1)C(C)C. The number of benzene rings is 3. The van der Waals surface area contributed by atoms with Gasteiger partial charge in [-0.25, -0.2) is 9.89 Å². The summed E-state index contributed by atoms with van der Waals surface area (Å²) in [6.45, 7) is 5.55. The van der Waals surface area contributed by atoms with E-state index in [1.165, 1.54) is 6.92 Å². The molecule has 0 aliphatic heterocycles. The summed E-state index contributed by atoms with van der Waals surface area (Å²) in [6, 6.07) is 24.2. The standard InChI is InChI=1S/C31H33N5O4/c1-21(2)29(31(39)40-20-24-9-5-4-6-10-24)36(28(38)18-13-22(3)37)19-23-14-16-25(17-15-23)26-11-7-8-12-27(26)30-32-34-35-33-30/h4-12,14-17,21,29H,13,18-20H2,1-3H3,(H,32,33,34,35)/t29-/m0/s1. The Balaban J connectivity index is 1.57. The lowest BCUT2D eigenvalue weighted by atomic mass is 9.97. The predicted molar refractivity (Wildman–Crippen MR) is 150 cm³/mol. The molecule has 0 radical (unpaired) electrons. The number of nitrogens with zero attached hydrogens (tertiary/aromatic N) is 4. The highest BCUT2D eigenvalue weighted by Gasteiger charge is 2.34. The van der Waals surface area contributed by atoms with E-state index in [4.69, 9.17) is 4.74 Å². The van der Waals surface area contributed by atoms with Crippen molar-refractivity contribution in [3.8, 4) is 22.5 Å². The number of rotatable bonds is 12. The van der Waals surface area contributed by atoms with Crippen molar-refractivity contribution in [2.75, 3.05) is 0 Å². The molecule has 9 heteroatoms. The maximum Gasteiger partial charge on any atom is 0.329 e. The van der Waals surface area contributed by atoms with Gasteiger partial charge in [-0.05, 0) is 45.5 Å². The molecule has 40 heavy (non-hydrogen) atoms. The smallest absolute Gasteiger partial charge is 0.329 e. The van der Waals surface area contributed by atoms with Crippen LogP contribution in [0.15, 0.2) is 78.9 Å². The average molecular weight is 540 g/mol. The second-order valence-electron chi connectivity index (χ2n) is 10.00. The summed E-state index contributed by atoms with van der Waals surface area (Å²) in [4.78, 5) is 39.9. The number of ether oxygens (including phenoxy) is 1. The van der Waals surface area contributed by atoms with Crippen molar-refractivity contribution >= 4 is 17.7 Å². The van der Waals surface area contributed by atoms with Crippen LogP contribution in [-0.2, 0) is 32.3 Å². The van der Waals surface area contributed by atoms with E-state index >= 15 is 0 Å². The number of amides is 1. The van der Waals surface area contributed by atoms with Gasteiger partial charge in [-0.1, -0.05) is 92.7 Å². The van der Waals surface area contributed by atoms with Crippen molar-refractivity contribution in [1.82, 2.24) is 25.5 Å². The van der Waals surface area contributed by atoms with Crippen LogP contribution in [0.1, 0.15) is 44.7 Å². The fraction of sp³-hybridized carbons (Fsp3) is 0.290. The molecular formula is C31H33N5O4. The molecule has 4 rings (SSSR count). The third kappa shape index (κ3) is 7.25. The van der Waals surface area contributed by atoms with Crippen molar-refractivity contribution < 1.29 is 19.1 Å². The van der Waals surface area contributed by atoms with Gasteiger partial charge in [0.05, 0.1) is 0 Å². The largest absolute Gasteiger partial charge is 0.459 e. The number of aromatic nitrogens is 4. The first kappa shape index (κ1) is 28.4. The molecule has 0 unspecified atom stereocenters. The maximum absolute atomic E-state index is 13.4. The van der Waals surface area contributed by atoms with Crippen LogP contribution >= 0.6 is 0 Å². The molecule has 206 valence electrons. The summed E-state index contributed by atoms with van der Waals surface area (Å²) >= 11 is 0. The summed E-state index contributed by atoms with van der Waals surface area (Å²) in [5, 5.41) is 14.2. The molecule has 0 bridgehead atoms. The normalized spacial score (nSPS) is 11.7. The zero-order valence-corrected chi connectivity index (χ0v) is 22.9. The zero-order chi connectivity index (χ0) is 28.5. The molecule has 0 spiro atoms.